The van der Waals surface area contributed by atoms with E-state index >= 15 is 0 Å². The second-order valence-corrected chi connectivity index (χ2v) is 3.97. The van der Waals surface area contributed by atoms with Crippen LogP contribution in [-0.4, -0.2) is 35.9 Å². The number of carboxylic acids is 1. The van der Waals surface area contributed by atoms with Gasteiger partial charge in [0.15, 0.2) is 0 Å². The highest BCUT2D eigenvalue weighted by Crippen LogP contribution is 2.05. The van der Waals surface area contributed by atoms with Crippen LogP contribution in [0.1, 0.15) is 27.7 Å². The molecular weight excluding hydrogens is 170 g/mol. The van der Waals surface area contributed by atoms with Gasteiger partial charge in [-0.25, -0.2) is 0 Å². The summed E-state index contributed by atoms with van der Waals surface area (Å²) < 4.78 is 5.40. The van der Waals surface area contributed by atoms with Crippen LogP contribution in [0.4, 0.5) is 0 Å². The van der Waals surface area contributed by atoms with Crippen molar-refractivity contribution in [1.29, 1.82) is 0 Å². The molecule has 4 nitrogen and oxygen atoms in total. The van der Waals surface area contributed by atoms with Crippen LogP contribution in [0.5, 0.6) is 0 Å². The van der Waals surface area contributed by atoms with E-state index in [1.807, 2.05) is 20.8 Å². The molecule has 0 saturated heterocycles. The number of aliphatic carboxylic acids is 1. The Balaban J connectivity index is 3.41. The normalized spacial score (nSPS) is 14.2. The number of nitrogens with one attached hydrogen (secondary N) is 1. The first-order chi connectivity index (χ1) is 5.83. The fourth-order valence-corrected chi connectivity index (χ4v) is 0.720. The minimum atomic E-state index is -0.837. The van der Waals surface area contributed by atoms with E-state index in [9.17, 15) is 4.79 Å². The standard InChI is InChI=1S/C9H19NO3/c1-7(8(11)12)10-5-6-13-9(2,3)4/h7,10H,5-6H2,1-4H3,(H,11,12)/t7-/m0/s1. The van der Waals surface area contributed by atoms with Gasteiger partial charge >= 0.3 is 5.97 Å². The molecule has 0 heterocycles. The fourth-order valence-electron chi connectivity index (χ4n) is 0.720. The Morgan fingerprint density at radius 1 is 1.54 bits per heavy atom. The lowest BCUT2D eigenvalue weighted by atomic mass is 10.2. The molecule has 2 N–H and O–H groups in total. The third kappa shape index (κ3) is 7.74. The molecule has 0 saturated carbocycles. The van der Waals surface area contributed by atoms with Crippen molar-refractivity contribution in [3.63, 3.8) is 0 Å². The maximum Gasteiger partial charge on any atom is 0.320 e. The summed E-state index contributed by atoms with van der Waals surface area (Å²) in [5.74, 6) is -0.837. The monoisotopic (exact) mass is 189 g/mol. The van der Waals surface area contributed by atoms with Crippen LogP contribution in [0.3, 0.4) is 0 Å². The third-order valence-electron chi connectivity index (χ3n) is 1.46. The van der Waals surface area contributed by atoms with Crippen LogP contribution in [0.2, 0.25) is 0 Å². The predicted octanol–water partition coefficient (Wildman–Crippen LogP) is 0.864. The van der Waals surface area contributed by atoms with Gasteiger partial charge in [-0.15, -0.1) is 0 Å². The first kappa shape index (κ1) is 12.4. The molecule has 0 aliphatic carbocycles. The van der Waals surface area contributed by atoms with E-state index < -0.39 is 12.0 Å². The molecule has 0 bridgehead atoms. The van der Waals surface area contributed by atoms with Crippen LogP contribution in [-0.2, 0) is 9.53 Å². The van der Waals surface area contributed by atoms with Gasteiger partial charge in [-0.3, -0.25) is 4.79 Å². The van der Waals surface area contributed by atoms with Gasteiger partial charge in [-0.1, -0.05) is 0 Å². The van der Waals surface area contributed by atoms with Crippen LogP contribution in [0.15, 0.2) is 0 Å². The summed E-state index contributed by atoms with van der Waals surface area (Å²) in [7, 11) is 0. The largest absolute Gasteiger partial charge is 0.480 e. The Labute approximate surface area is 79.3 Å². The molecule has 1 atom stereocenters. The molecule has 0 unspecified atom stereocenters. The lowest BCUT2D eigenvalue weighted by molar-refractivity contribution is -0.139. The second kappa shape index (κ2) is 5.19. The van der Waals surface area contributed by atoms with Gasteiger partial charge < -0.3 is 15.2 Å². The quantitative estimate of drug-likeness (QED) is 0.630. The molecular formula is C9H19NO3. The van der Waals surface area contributed by atoms with Crippen molar-refractivity contribution >= 4 is 5.97 Å². The molecule has 0 aliphatic heterocycles. The van der Waals surface area contributed by atoms with Gasteiger partial charge in [0.1, 0.15) is 6.04 Å². The van der Waals surface area contributed by atoms with E-state index in [1.165, 1.54) is 0 Å². The van der Waals surface area contributed by atoms with Crippen molar-refractivity contribution in [2.75, 3.05) is 13.2 Å². The molecule has 78 valence electrons. The number of hydrogen-bond acceptors (Lipinski definition) is 3. The van der Waals surface area contributed by atoms with Gasteiger partial charge in [0, 0.05) is 6.54 Å². The molecule has 0 aromatic heterocycles. The molecule has 0 amide bonds. The Bertz CT molecular complexity index is 163. The third-order valence-corrected chi connectivity index (χ3v) is 1.46. The van der Waals surface area contributed by atoms with Crippen molar-refractivity contribution in [2.24, 2.45) is 0 Å². The van der Waals surface area contributed by atoms with E-state index in [2.05, 4.69) is 5.32 Å². The van der Waals surface area contributed by atoms with E-state index in [-0.39, 0.29) is 5.60 Å². The molecule has 0 rings (SSSR count). The van der Waals surface area contributed by atoms with Crippen LogP contribution in [0, 0.1) is 0 Å². The van der Waals surface area contributed by atoms with E-state index in [1.54, 1.807) is 6.92 Å². The minimum Gasteiger partial charge on any atom is -0.480 e. The lowest BCUT2D eigenvalue weighted by Gasteiger charge is -2.20. The van der Waals surface area contributed by atoms with Crippen molar-refractivity contribution < 1.29 is 14.6 Å². The summed E-state index contributed by atoms with van der Waals surface area (Å²) >= 11 is 0. The van der Waals surface area contributed by atoms with Crippen LogP contribution < -0.4 is 5.32 Å². The summed E-state index contributed by atoms with van der Waals surface area (Å²) in [6.07, 6.45) is 0. The predicted molar refractivity (Wildman–Crippen MR) is 50.8 cm³/mol. The second-order valence-electron chi connectivity index (χ2n) is 3.97. The molecule has 0 aromatic carbocycles. The average Bonchev–Trinajstić information content (AvgIpc) is 1.95. The van der Waals surface area contributed by atoms with Gasteiger partial charge in [-0.2, -0.15) is 0 Å². The highest BCUT2D eigenvalue weighted by atomic mass is 16.5. The van der Waals surface area contributed by atoms with Gasteiger partial charge in [0.25, 0.3) is 0 Å². The maximum atomic E-state index is 10.4. The first-order valence-electron chi connectivity index (χ1n) is 4.43. The lowest BCUT2D eigenvalue weighted by Crippen LogP contribution is -2.37. The Kier molecular flexibility index (Phi) is 4.95. The van der Waals surface area contributed by atoms with Crippen molar-refractivity contribution in [2.45, 2.75) is 39.3 Å². The minimum absolute atomic E-state index is 0.159. The van der Waals surface area contributed by atoms with Crippen molar-refractivity contribution in [3.8, 4) is 0 Å². The number of carbonyl (C=O) groups is 1. The topological polar surface area (TPSA) is 58.6 Å². The SMILES string of the molecule is C[C@H](NCCOC(C)(C)C)C(=O)O. The summed E-state index contributed by atoms with van der Waals surface area (Å²) in [4.78, 5) is 10.4. The van der Waals surface area contributed by atoms with Gasteiger partial charge in [0.2, 0.25) is 0 Å². The smallest absolute Gasteiger partial charge is 0.320 e. The van der Waals surface area contributed by atoms with E-state index in [4.69, 9.17) is 9.84 Å². The number of hydrogen-bond donors (Lipinski definition) is 2. The molecule has 0 fully saturated rings. The first-order valence-corrected chi connectivity index (χ1v) is 4.43. The summed E-state index contributed by atoms with van der Waals surface area (Å²) in [6, 6.07) is -0.511. The Morgan fingerprint density at radius 2 is 2.08 bits per heavy atom. The maximum absolute atomic E-state index is 10.4. The zero-order valence-electron chi connectivity index (χ0n) is 8.76. The van der Waals surface area contributed by atoms with Crippen molar-refractivity contribution in [3.05, 3.63) is 0 Å². The van der Waals surface area contributed by atoms with E-state index in [0.29, 0.717) is 13.2 Å². The summed E-state index contributed by atoms with van der Waals surface area (Å²) in [6.45, 7) is 8.60. The number of carboxylic acid groups (broad SMARTS) is 1. The molecule has 0 aliphatic rings. The van der Waals surface area contributed by atoms with Gasteiger partial charge in [0.05, 0.1) is 12.2 Å². The molecule has 0 radical (unpaired) electrons. The Morgan fingerprint density at radius 3 is 2.46 bits per heavy atom. The molecule has 0 spiro atoms. The van der Waals surface area contributed by atoms with Crippen LogP contribution in [0.25, 0.3) is 0 Å². The fraction of sp³-hybridized carbons (Fsp3) is 0.889. The summed E-state index contributed by atoms with van der Waals surface area (Å²) in [5, 5.41) is 11.4. The zero-order valence-corrected chi connectivity index (χ0v) is 8.76. The molecule has 4 heteroatoms. The highest BCUT2D eigenvalue weighted by Gasteiger charge is 2.11. The van der Waals surface area contributed by atoms with E-state index in [0.717, 1.165) is 0 Å². The van der Waals surface area contributed by atoms with Crippen molar-refractivity contribution in [1.82, 2.24) is 5.32 Å². The zero-order chi connectivity index (χ0) is 10.5. The summed E-state index contributed by atoms with van der Waals surface area (Å²) in [5.41, 5.74) is -0.159. The molecule has 0 aromatic rings. The van der Waals surface area contributed by atoms with Gasteiger partial charge in [-0.05, 0) is 27.7 Å². The Hall–Kier alpha value is -0.610. The number of ether oxygens (including phenoxy) is 1. The highest BCUT2D eigenvalue weighted by molar-refractivity contribution is 5.72. The number of rotatable bonds is 5. The molecule has 13 heavy (non-hydrogen) atoms. The van der Waals surface area contributed by atoms with Crippen LogP contribution >= 0.6 is 0 Å². The average molecular weight is 189 g/mol.